The largest absolute Gasteiger partial charge is 0.346 e. The van der Waals surface area contributed by atoms with Gasteiger partial charge in [0.25, 0.3) is 5.91 Å². The summed E-state index contributed by atoms with van der Waals surface area (Å²) in [5, 5.41) is 10.8. The van der Waals surface area contributed by atoms with Gasteiger partial charge in [0.2, 0.25) is 17.6 Å². The van der Waals surface area contributed by atoms with Crippen molar-refractivity contribution in [3.63, 3.8) is 0 Å². The Balaban J connectivity index is 2.33. The van der Waals surface area contributed by atoms with Gasteiger partial charge in [-0.1, -0.05) is 98.2 Å². The number of amides is 5. The molecule has 0 saturated carbocycles. The molecule has 5 amide bonds. The number of rotatable bonds is 15. The topological polar surface area (TPSA) is 154 Å². The second kappa shape index (κ2) is 17.1. The van der Waals surface area contributed by atoms with Crippen LogP contribution in [0.5, 0.6) is 0 Å². The normalized spacial score (nSPS) is 18.3. The molecule has 1 saturated heterocycles. The molecule has 0 bridgehead atoms. The van der Waals surface area contributed by atoms with Gasteiger partial charge in [-0.05, 0) is 36.0 Å². The molecule has 1 unspecified atom stereocenters. The molecule has 46 heavy (non-hydrogen) atoms. The molecule has 2 rings (SSSR count). The number of hydrogen-bond donors (Lipinski definition) is 4. The van der Waals surface area contributed by atoms with Crippen molar-refractivity contribution < 1.29 is 28.8 Å². The lowest BCUT2D eigenvalue weighted by Crippen LogP contribution is -2.62. The number of benzene rings is 1. The Labute approximate surface area is 273 Å². The molecular formula is C35H53N5O6. The van der Waals surface area contributed by atoms with E-state index in [0.717, 1.165) is 0 Å². The fourth-order valence-electron chi connectivity index (χ4n) is 5.77. The third-order valence-electron chi connectivity index (χ3n) is 8.38. The number of nitrogens with one attached hydrogen (secondary N) is 4. The maximum Gasteiger partial charge on any atom is 0.316 e. The highest BCUT2D eigenvalue weighted by atomic mass is 16.2. The highest BCUT2D eigenvalue weighted by Gasteiger charge is 2.47. The second-order valence-corrected chi connectivity index (χ2v) is 13.8. The van der Waals surface area contributed by atoms with Gasteiger partial charge in [0.1, 0.15) is 12.1 Å². The van der Waals surface area contributed by atoms with E-state index in [0.29, 0.717) is 18.4 Å². The molecule has 11 nitrogen and oxygen atoms in total. The van der Waals surface area contributed by atoms with Crippen LogP contribution in [0.3, 0.4) is 0 Å². The van der Waals surface area contributed by atoms with E-state index < -0.39 is 59.1 Å². The van der Waals surface area contributed by atoms with Crippen LogP contribution in [0.25, 0.3) is 0 Å². The quantitative estimate of drug-likeness (QED) is 0.131. The number of nitrogens with zero attached hydrogens (tertiary/aromatic N) is 1. The third-order valence-corrected chi connectivity index (χ3v) is 8.38. The van der Waals surface area contributed by atoms with Crippen molar-refractivity contribution in [2.75, 3.05) is 13.1 Å². The zero-order valence-electron chi connectivity index (χ0n) is 28.6. The maximum atomic E-state index is 14.3. The molecule has 11 heteroatoms. The molecule has 1 heterocycles. The smallest absolute Gasteiger partial charge is 0.316 e. The molecule has 1 aliphatic heterocycles. The summed E-state index contributed by atoms with van der Waals surface area (Å²) < 4.78 is 0. The van der Waals surface area contributed by atoms with Crippen molar-refractivity contribution in [1.82, 2.24) is 26.2 Å². The lowest BCUT2D eigenvalue weighted by atomic mass is 9.84. The standard InChI is InChI=1S/C35H53N5O6/c1-10-15-25(29(42)32(44)36-19-11-2)37-31(43)27-24(21(3)4)18-20-40(27)33(45)30(35(7,8)9)39-34(46)38-26(22(5)6)28(41)23-16-13-12-14-17-23/h11-14,16-17,21-22,24-27,30H,2,10,15,18-20H2,1,3-9H3,(H,36,44)(H,37,43)(H2,38,39,46)/t24-,25?,26+,27+,30-/m1/s1. The van der Waals surface area contributed by atoms with Crippen LogP contribution in [-0.4, -0.2) is 77.5 Å². The molecule has 0 aliphatic carbocycles. The molecule has 1 aromatic rings. The Bertz CT molecular complexity index is 1260. The molecule has 0 radical (unpaired) electrons. The first-order valence-electron chi connectivity index (χ1n) is 16.2. The Morgan fingerprint density at radius 1 is 0.978 bits per heavy atom. The van der Waals surface area contributed by atoms with Gasteiger partial charge in [0, 0.05) is 18.7 Å². The summed E-state index contributed by atoms with van der Waals surface area (Å²) in [5.74, 6) is -3.17. The van der Waals surface area contributed by atoms with Crippen molar-refractivity contribution in [2.24, 2.45) is 23.2 Å². The molecule has 254 valence electrons. The second-order valence-electron chi connectivity index (χ2n) is 13.8. The first-order valence-corrected chi connectivity index (χ1v) is 16.2. The first kappa shape index (κ1) is 38.2. The number of carbonyl (C=O) groups is 6. The molecule has 1 fully saturated rings. The average Bonchev–Trinajstić information content (AvgIpc) is 3.46. The zero-order chi connectivity index (χ0) is 34.8. The van der Waals surface area contributed by atoms with Gasteiger partial charge in [-0.15, -0.1) is 6.58 Å². The molecule has 1 aliphatic rings. The van der Waals surface area contributed by atoms with Crippen LogP contribution >= 0.6 is 0 Å². The van der Waals surface area contributed by atoms with E-state index in [1.165, 1.54) is 11.0 Å². The van der Waals surface area contributed by atoms with Crippen LogP contribution in [0.1, 0.15) is 85.0 Å². The van der Waals surface area contributed by atoms with Crippen LogP contribution in [0.4, 0.5) is 4.79 Å². The van der Waals surface area contributed by atoms with Crippen LogP contribution in [0, 0.1) is 23.2 Å². The minimum Gasteiger partial charge on any atom is -0.346 e. The molecular weight excluding hydrogens is 586 g/mol. The Hall–Kier alpha value is -4.02. The van der Waals surface area contributed by atoms with E-state index in [1.54, 1.807) is 30.3 Å². The van der Waals surface area contributed by atoms with Crippen LogP contribution in [0.2, 0.25) is 0 Å². The van der Waals surface area contributed by atoms with Crippen molar-refractivity contribution in [3.8, 4) is 0 Å². The monoisotopic (exact) mass is 639 g/mol. The van der Waals surface area contributed by atoms with Crippen LogP contribution in [0.15, 0.2) is 43.0 Å². The number of ketones is 2. The summed E-state index contributed by atoms with van der Waals surface area (Å²) in [6.07, 6.45) is 2.81. The van der Waals surface area contributed by atoms with E-state index in [4.69, 9.17) is 0 Å². The molecule has 4 N–H and O–H groups in total. The summed E-state index contributed by atoms with van der Waals surface area (Å²) in [6.45, 7) is 18.8. The molecule has 0 spiro atoms. The summed E-state index contributed by atoms with van der Waals surface area (Å²) in [7, 11) is 0. The Kier molecular flexibility index (Phi) is 14.1. The minimum absolute atomic E-state index is 0.0323. The zero-order valence-corrected chi connectivity index (χ0v) is 28.6. The SMILES string of the molecule is C=CCNC(=O)C(=O)C(CCC)NC(=O)[C@@H]1[C@@H](C(C)C)CCN1C(=O)[C@@H](NC(=O)N[C@H](C(=O)c1ccccc1)C(C)C)C(C)(C)C. The van der Waals surface area contributed by atoms with Gasteiger partial charge in [0.15, 0.2) is 5.78 Å². The number of Topliss-reactive ketones (excluding diaryl/α,β-unsaturated/α-hetero) is 2. The summed E-state index contributed by atoms with van der Waals surface area (Å²) >= 11 is 0. The summed E-state index contributed by atoms with van der Waals surface area (Å²) in [5.41, 5.74) is -0.292. The first-order chi connectivity index (χ1) is 21.5. The molecule has 5 atom stereocenters. The highest BCUT2D eigenvalue weighted by molar-refractivity contribution is 6.38. The number of carbonyl (C=O) groups excluding carboxylic acids is 6. The van der Waals surface area contributed by atoms with Gasteiger partial charge >= 0.3 is 6.03 Å². The number of likely N-dealkylation sites (tertiary alicyclic amines) is 1. The predicted octanol–water partition coefficient (Wildman–Crippen LogP) is 3.64. The van der Waals surface area contributed by atoms with E-state index in [1.807, 2.05) is 55.4 Å². The average molecular weight is 640 g/mol. The number of urea groups is 1. The van der Waals surface area contributed by atoms with Crippen molar-refractivity contribution in [2.45, 2.75) is 98.8 Å². The van der Waals surface area contributed by atoms with Gasteiger partial charge < -0.3 is 26.2 Å². The van der Waals surface area contributed by atoms with Crippen molar-refractivity contribution in [1.29, 1.82) is 0 Å². The van der Waals surface area contributed by atoms with Crippen LogP contribution < -0.4 is 21.3 Å². The van der Waals surface area contributed by atoms with Gasteiger partial charge in [-0.3, -0.25) is 24.0 Å². The maximum absolute atomic E-state index is 14.3. The number of hydrogen-bond acceptors (Lipinski definition) is 6. The lowest BCUT2D eigenvalue weighted by molar-refractivity contribution is -0.144. The molecule has 1 aromatic carbocycles. The van der Waals surface area contributed by atoms with E-state index in [2.05, 4.69) is 27.8 Å². The third kappa shape index (κ3) is 9.99. The predicted molar refractivity (Wildman–Crippen MR) is 178 cm³/mol. The van der Waals surface area contributed by atoms with E-state index >= 15 is 0 Å². The van der Waals surface area contributed by atoms with Gasteiger partial charge in [-0.2, -0.15) is 0 Å². The van der Waals surface area contributed by atoms with Crippen molar-refractivity contribution in [3.05, 3.63) is 48.6 Å². The summed E-state index contributed by atoms with van der Waals surface area (Å²) in [4.78, 5) is 81.6. The Morgan fingerprint density at radius 3 is 2.13 bits per heavy atom. The van der Waals surface area contributed by atoms with Crippen molar-refractivity contribution >= 4 is 35.3 Å². The molecule has 0 aromatic heterocycles. The van der Waals surface area contributed by atoms with E-state index in [-0.39, 0.29) is 43.0 Å². The fraction of sp³-hybridized carbons (Fsp3) is 0.600. The Morgan fingerprint density at radius 2 is 1.61 bits per heavy atom. The van der Waals surface area contributed by atoms with Gasteiger partial charge in [0.05, 0.1) is 12.1 Å². The highest BCUT2D eigenvalue weighted by Crippen LogP contribution is 2.33. The van der Waals surface area contributed by atoms with Gasteiger partial charge in [-0.25, -0.2) is 4.79 Å². The fourth-order valence-corrected chi connectivity index (χ4v) is 5.77. The summed E-state index contributed by atoms with van der Waals surface area (Å²) in [6, 6.07) is 4.20. The van der Waals surface area contributed by atoms with Crippen LogP contribution in [-0.2, 0) is 19.2 Å². The minimum atomic E-state index is -1.05. The van der Waals surface area contributed by atoms with E-state index in [9.17, 15) is 28.8 Å². The lowest BCUT2D eigenvalue weighted by Gasteiger charge is -2.37.